The molecule has 0 spiro atoms. The van der Waals surface area contributed by atoms with Crippen molar-refractivity contribution >= 4 is 65.1 Å². The van der Waals surface area contributed by atoms with Gasteiger partial charge in [-0.25, -0.2) is 5.84 Å². The molecule has 3 aromatic carbocycles. The minimum atomic E-state index is -3.64. The number of hydrogen-bond acceptors (Lipinski definition) is 15. The van der Waals surface area contributed by atoms with Crippen molar-refractivity contribution in [2.45, 2.75) is 45.1 Å². The number of nitrogens with zero attached hydrogens (tertiary/aromatic N) is 2. The van der Waals surface area contributed by atoms with Gasteiger partial charge in [-0.05, 0) is 54.5 Å². The van der Waals surface area contributed by atoms with Crippen LogP contribution in [0.3, 0.4) is 0 Å². The van der Waals surface area contributed by atoms with Crippen molar-refractivity contribution in [2.24, 2.45) is 11.6 Å². The Hall–Kier alpha value is -5.36. The number of anilines is 1. The number of para-hydroxylation sites is 1. The molecule has 0 bridgehead atoms. The van der Waals surface area contributed by atoms with Gasteiger partial charge in [-0.3, -0.25) is 24.0 Å². The van der Waals surface area contributed by atoms with Crippen molar-refractivity contribution in [3.05, 3.63) is 100 Å². The number of ether oxygens (including phenoxy) is 3. The number of benzene rings is 3. The molecule has 0 aromatic heterocycles. The molecule has 12 N–H and O–H groups in total. The van der Waals surface area contributed by atoms with Gasteiger partial charge in [0.2, 0.25) is 11.8 Å². The van der Waals surface area contributed by atoms with Crippen molar-refractivity contribution in [1.82, 2.24) is 26.3 Å². The molecule has 23 heteroatoms. The first-order valence-corrected chi connectivity index (χ1v) is 25.3. The van der Waals surface area contributed by atoms with Crippen LogP contribution in [0.4, 0.5) is 5.69 Å². The number of fused-ring (bicyclic) bond motifs is 2. The average molecular weight is 1000 g/mol. The van der Waals surface area contributed by atoms with Crippen molar-refractivity contribution < 1.29 is 62.7 Å². The highest BCUT2D eigenvalue weighted by atomic mass is 32.5. The van der Waals surface area contributed by atoms with Gasteiger partial charge in [-0.2, -0.15) is 0 Å². The first-order valence-electron chi connectivity index (χ1n) is 22.7. The SMILES string of the molecule is N/C1=C(\N(N)CCOCCOCCOCCNC(=O)c2cc(C(=O)NCCO)cc(C(=O)NCCO)c2)c2ccccc2CN(C(=O)CCC(=O)NCCCCCCOP(O)(O)=S)c2ccccc21. The second-order valence-electron chi connectivity index (χ2n) is 15.5. The van der Waals surface area contributed by atoms with E-state index in [9.17, 15) is 24.0 Å². The number of aliphatic hydroxyl groups excluding tert-OH is 2. The van der Waals surface area contributed by atoms with Crippen LogP contribution in [-0.2, 0) is 46.7 Å². The molecule has 1 aliphatic heterocycles. The Morgan fingerprint density at radius 1 is 0.652 bits per heavy atom. The Morgan fingerprint density at radius 2 is 1.19 bits per heavy atom. The molecule has 4 rings (SSSR count). The number of aliphatic hydroxyl groups is 2. The molecule has 3 aromatic rings. The molecule has 0 aliphatic carbocycles. The standard InChI is InChI=1S/C46H65N8O13PS/c47-42-38-11-5-6-12-39(38)53(41(58)14-13-40(57)49-15-7-1-2-8-22-67-68(62,63)69)32-33-9-3-4-10-37(33)43(42)54(48)19-24-65-26-28-66-27-25-64-23-18-52-46(61)36-30-34(44(59)50-16-20-55)29-35(31-36)45(60)51-17-21-56/h3-6,9-12,29-31,55-56H,1-2,7-8,13-28,32,47-48H2,(H,49,57)(H,50,59)(H,51,60)(H,52,61)(H2,62,63,69)/b43-42-. The summed E-state index contributed by atoms with van der Waals surface area (Å²) in [6, 6.07) is 18.8. The van der Waals surface area contributed by atoms with Crippen LogP contribution in [0, 0.1) is 0 Å². The Kier molecular flexibility index (Phi) is 24.7. The number of nitrogens with two attached hydrogens (primary N) is 2. The van der Waals surface area contributed by atoms with Gasteiger partial charge < -0.3 is 75.6 Å². The summed E-state index contributed by atoms with van der Waals surface area (Å²) >= 11 is 4.43. The highest BCUT2D eigenvalue weighted by molar-refractivity contribution is 8.06. The zero-order valence-electron chi connectivity index (χ0n) is 38.6. The van der Waals surface area contributed by atoms with Crippen molar-refractivity contribution in [3.8, 4) is 0 Å². The Morgan fingerprint density at radius 3 is 1.80 bits per heavy atom. The van der Waals surface area contributed by atoms with E-state index in [-0.39, 0.29) is 134 Å². The quantitative estimate of drug-likeness (QED) is 0.0187. The van der Waals surface area contributed by atoms with Gasteiger partial charge in [0.1, 0.15) is 0 Å². The van der Waals surface area contributed by atoms with Gasteiger partial charge in [-0.1, -0.05) is 55.3 Å². The van der Waals surface area contributed by atoms with Crippen molar-refractivity contribution in [1.29, 1.82) is 0 Å². The van der Waals surface area contributed by atoms with E-state index in [0.717, 1.165) is 30.4 Å². The molecule has 1 heterocycles. The van der Waals surface area contributed by atoms with Gasteiger partial charge in [0.25, 0.3) is 17.7 Å². The summed E-state index contributed by atoms with van der Waals surface area (Å²) in [6.07, 6.45) is 2.91. The van der Waals surface area contributed by atoms with Crippen LogP contribution < -0.4 is 37.7 Å². The first kappa shape index (κ1) is 56.2. The lowest BCUT2D eigenvalue weighted by Gasteiger charge is -2.33. The molecule has 0 radical (unpaired) electrons. The van der Waals surface area contributed by atoms with Crippen LogP contribution in [0.5, 0.6) is 0 Å². The minimum Gasteiger partial charge on any atom is -0.396 e. The van der Waals surface area contributed by atoms with Crippen LogP contribution in [0.25, 0.3) is 11.4 Å². The smallest absolute Gasteiger partial charge is 0.321 e. The van der Waals surface area contributed by atoms with Gasteiger partial charge in [0.15, 0.2) is 0 Å². The fraction of sp³-hybridized carbons (Fsp3) is 0.457. The molecule has 0 saturated carbocycles. The summed E-state index contributed by atoms with van der Waals surface area (Å²) in [4.78, 5) is 84.3. The van der Waals surface area contributed by atoms with E-state index in [0.29, 0.717) is 35.6 Å². The second kappa shape index (κ2) is 30.3. The fourth-order valence-electron chi connectivity index (χ4n) is 7.04. The number of carbonyl (C=O) groups is 5. The Bertz CT molecular complexity index is 2210. The van der Waals surface area contributed by atoms with Crippen molar-refractivity contribution in [2.75, 3.05) is 97.1 Å². The molecule has 378 valence electrons. The topological polar surface area (TPSA) is 310 Å². The van der Waals surface area contributed by atoms with E-state index in [2.05, 4.69) is 33.1 Å². The number of amides is 5. The van der Waals surface area contributed by atoms with Crippen LogP contribution in [0.2, 0.25) is 0 Å². The number of rotatable bonds is 31. The molecule has 0 atom stereocenters. The molecule has 69 heavy (non-hydrogen) atoms. The summed E-state index contributed by atoms with van der Waals surface area (Å²) in [5, 5.41) is 30.2. The van der Waals surface area contributed by atoms with E-state index in [4.69, 9.17) is 50.3 Å². The lowest BCUT2D eigenvalue weighted by Crippen LogP contribution is -2.38. The number of unbranched alkanes of at least 4 members (excludes halogenated alkanes) is 3. The third-order valence-electron chi connectivity index (χ3n) is 10.4. The summed E-state index contributed by atoms with van der Waals surface area (Å²) in [5.74, 6) is 4.54. The summed E-state index contributed by atoms with van der Waals surface area (Å²) in [5.41, 5.74) is 10.8. The molecule has 0 fully saturated rings. The zero-order valence-corrected chi connectivity index (χ0v) is 40.3. The monoisotopic (exact) mass is 1000 g/mol. The molecule has 1 aliphatic rings. The molecule has 0 saturated heterocycles. The number of hydrogen-bond donors (Lipinski definition) is 10. The van der Waals surface area contributed by atoms with Crippen LogP contribution in [0.15, 0.2) is 66.7 Å². The number of carbonyl (C=O) groups excluding carboxylic acids is 5. The summed E-state index contributed by atoms with van der Waals surface area (Å²) in [6.45, 7) is -1.51. The van der Waals surface area contributed by atoms with E-state index >= 15 is 0 Å². The molecular formula is C46H65N8O13PS. The van der Waals surface area contributed by atoms with E-state index < -0.39 is 24.4 Å². The maximum Gasteiger partial charge on any atom is 0.321 e. The predicted octanol–water partition coefficient (Wildman–Crippen LogP) is 1.10. The fourth-order valence-corrected chi connectivity index (χ4v) is 7.63. The summed E-state index contributed by atoms with van der Waals surface area (Å²) in [7, 11) is 0. The van der Waals surface area contributed by atoms with Crippen LogP contribution in [0.1, 0.15) is 86.3 Å². The van der Waals surface area contributed by atoms with Crippen LogP contribution in [-0.4, -0.2) is 147 Å². The molecule has 21 nitrogen and oxygen atoms in total. The maximum atomic E-state index is 13.8. The number of nitrogens with one attached hydrogen (secondary N) is 4. The predicted molar refractivity (Wildman–Crippen MR) is 261 cm³/mol. The molecule has 5 amide bonds. The average Bonchev–Trinajstić information content (AvgIpc) is 3.33. The Labute approximate surface area is 406 Å². The van der Waals surface area contributed by atoms with E-state index in [1.54, 1.807) is 4.90 Å². The van der Waals surface area contributed by atoms with Gasteiger partial charge in [-0.15, -0.1) is 0 Å². The zero-order chi connectivity index (χ0) is 50.0. The van der Waals surface area contributed by atoms with Gasteiger partial charge in [0, 0.05) is 66.8 Å². The third-order valence-corrected chi connectivity index (χ3v) is 11.2. The third kappa shape index (κ3) is 19.5. The maximum absolute atomic E-state index is 13.8. The van der Waals surface area contributed by atoms with E-state index in [1.807, 2.05) is 48.5 Å². The number of hydrazine groups is 1. The second-order valence-corrected chi connectivity index (χ2v) is 18.2. The molecular weight excluding hydrogens is 936 g/mol. The minimum absolute atomic E-state index is 0.00750. The van der Waals surface area contributed by atoms with Gasteiger partial charge >= 0.3 is 6.72 Å². The largest absolute Gasteiger partial charge is 0.396 e. The normalized spacial score (nSPS) is 13.4. The molecule has 0 unspecified atom stereocenters. The highest BCUT2D eigenvalue weighted by Gasteiger charge is 2.28. The summed E-state index contributed by atoms with van der Waals surface area (Å²) < 4.78 is 21.8. The lowest BCUT2D eigenvalue weighted by molar-refractivity contribution is -0.125. The van der Waals surface area contributed by atoms with E-state index in [1.165, 1.54) is 23.2 Å². The Balaban J connectivity index is 1.19. The van der Waals surface area contributed by atoms with Crippen molar-refractivity contribution in [3.63, 3.8) is 0 Å². The van der Waals surface area contributed by atoms with Crippen LogP contribution >= 0.6 is 6.72 Å². The highest BCUT2D eigenvalue weighted by Crippen LogP contribution is 2.37. The first-order chi connectivity index (χ1) is 33.2. The van der Waals surface area contributed by atoms with Gasteiger partial charge in [0.05, 0.1) is 89.6 Å². The lowest BCUT2D eigenvalue weighted by atomic mass is 9.95.